The predicted molar refractivity (Wildman–Crippen MR) is 277 cm³/mol. The molecule has 0 unspecified atom stereocenters. The largest absolute Gasteiger partial charge is 0 e. The van der Waals surface area contributed by atoms with E-state index in [4.69, 9.17) is 19.1 Å². The molecule has 0 aliphatic carbocycles. The summed E-state index contributed by atoms with van der Waals surface area (Å²) in [5.74, 6) is 7.45. The summed E-state index contributed by atoms with van der Waals surface area (Å²) in [6.07, 6.45) is 3.76. The Kier molecular flexibility index (Phi) is 12.0. The average molecular weight is 1130 g/mol. The molecule has 0 amide bonds. The molecular weight excluding hydrogens is 1070 g/mol. The van der Waals surface area contributed by atoms with Gasteiger partial charge in [-0.2, -0.15) is 11.3 Å². The van der Waals surface area contributed by atoms with Gasteiger partial charge in [0.05, 0.1) is 22.4 Å². The fourth-order valence-corrected chi connectivity index (χ4v) is 12.0. The second kappa shape index (κ2) is 18.2. The van der Waals surface area contributed by atoms with Crippen LogP contribution >= 0.6 is 11.3 Å². The van der Waals surface area contributed by atoms with Gasteiger partial charge in [-0.3, -0.25) is 9.97 Å². The first kappa shape index (κ1) is 43.5. The molecule has 0 spiro atoms. The zero-order valence-electron chi connectivity index (χ0n) is 42.4. The van der Waals surface area contributed by atoms with E-state index in [0.717, 1.165) is 53.9 Å². The second-order valence-electron chi connectivity index (χ2n) is 19.8. The predicted octanol–water partition coefficient (Wildman–Crippen LogP) is 15.3. The van der Waals surface area contributed by atoms with Gasteiger partial charge in [0.25, 0.3) is 0 Å². The Balaban J connectivity index is 0.000000246. The number of halogens is 1. The third kappa shape index (κ3) is 8.67. The normalized spacial score (nSPS) is 13.0. The maximum Gasteiger partial charge on any atom is 0 e. The number of hydrogen-bond donors (Lipinski definition) is 0. The minimum absolute atomic E-state index is 0. The third-order valence-corrected chi connectivity index (χ3v) is 17.7. The number of aryl methyl sites for hydroxylation is 2. The third-order valence-electron chi connectivity index (χ3n) is 12.3. The minimum atomic E-state index is -2.48. The Bertz CT molecular complexity index is 3540. The fourth-order valence-electron chi connectivity index (χ4n) is 8.66. The van der Waals surface area contributed by atoms with Crippen molar-refractivity contribution in [2.75, 3.05) is 0 Å². The zero-order chi connectivity index (χ0) is 48.6. The molecule has 5 aromatic heterocycles. The van der Waals surface area contributed by atoms with Crippen molar-refractivity contribution in [2.45, 2.75) is 96.8 Å². The van der Waals surface area contributed by atoms with E-state index in [-0.39, 0.29) is 36.6 Å². The molecule has 0 aliphatic heterocycles. The van der Waals surface area contributed by atoms with Crippen LogP contribution in [-0.4, -0.2) is 37.8 Å². The van der Waals surface area contributed by atoms with E-state index in [1.807, 2.05) is 12.3 Å². The van der Waals surface area contributed by atoms with Crippen LogP contribution in [0.15, 0.2) is 109 Å². The minimum Gasteiger partial charge on any atom is 0 e. The zero-order valence-corrected chi connectivity index (χ0v) is 44.7. The molecule has 0 saturated heterocycles. The van der Waals surface area contributed by atoms with Crippen LogP contribution in [0.2, 0.25) is 17.3 Å². The van der Waals surface area contributed by atoms with Crippen molar-refractivity contribution < 1.29 is 28.6 Å². The molecule has 9 heteroatoms. The topological polar surface area (TPSA) is 56.5 Å². The van der Waals surface area contributed by atoms with Crippen LogP contribution < -0.4 is 4.40 Å². The number of thiophene rings is 1. The Hall–Kier alpha value is -5.12. The molecule has 0 fully saturated rings. The van der Waals surface area contributed by atoms with E-state index < -0.39 is 25.9 Å². The van der Waals surface area contributed by atoms with Crippen LogP contribution in [0, 0.1) is 31.7 Å². The molecule has 10 aromatic rings. The molecule has 66 heavy (non-hydrogen) atoms. The second-order valence-corrected chi connectivity index (χ2v) is 31.4. The van der Waals surface area contributed by atoms with Crippen molar-refractivity contribution in [1.82, 2.24) is 24.5 Å². The van der Waals surface area contributed by atoms with Crippen LogP contribution in [0.4, 0.5) is 4.39 Å². The van der Waals surface area contributed by atoms with Crippen molar-refractivity contribution in [2.24, 2.45) is 0 Å². The van der Waals surface area contributed by atoms with Gasteiger partial charge in [0.2, 0.25) is 0 Å². The van der Waals surface area contributed by atoms with Gasteiger partial charge in [0.1, 0.15) is 4.83 Å². The number of nitrogens with zero attached hydrogens (tertiary/aromatic N) is 5. The van der Waals surface area contributed by atoms with Crippen molar-refractivity contribution in [3.63, 3.8) is 0 Å². The monoisotopic (exact) mass is 1130 g/mol. The van der Waals surface area contributed by atoms with Crippen LogP contribution in [0.3, 0.4) is 0 Å². The van der Waals surface area contributed by atoms with E-state index in [0.29, 0.717) is 17.5 Å². The van der Waals surface area contributed by atoms with Gasteiger partial charge in [0.15, 0.2) is 0 Å². The number of fused-ring (bicyclic) bond motifs is 8. The Labute approximate surface area is 412 Å². The standard InChI is InChI=1S/C42H39N4S.C15H17FGeN.Ir/c1-23(2)32-20-28(42(6,7)8)21-33(24(3)4)37(32)46-38-34(19-18-26-17-16-25(5)44-36(26)38)45-40(46)31-15-11-14-30-35-29-13-10-9-12-27(29)22-43-41(35)47-39(30)31;1-11-6-5-7-13(15(11)16)14-9-8-12(10-18-14)17(2,3)4;/h9-14,16-24H,1-8H3;5-6,8-10H,1-4H3;/q2*-1;/i;1D3;. The summed E-state index contributed by atoms with van der Waals surface area (Å²) < 4.78 is 41.2. The first-order chi connectivity index (χ1) is 32.1. The summed E-state index contributed by atoms with van der Waals surface area (Å²) >= 11 is -0.232. The van der Waals surface area contributed by atoms with Crippen molar-refractivity contribution >= 4 is 82.0 Å². The van der Waals surface area contributed by atoms with E-state index in [1.54, 1.807) is 23.6 Å². The van der Waals surface area contributed by atoms with Crippen LogP contribution in [0.25, 0.3) is 81.3 Å². The maximum atomic E-state index is 14.4. The molecule has 0 bridgehead atoms. The first-order valence-electron chi connectivity index (χ1n) is 23.9. The van der Waals surface area contributed by atoms with Gasteiger partial charge >= 0.3 is 114 Å². The molecule has 0 N–H and O–H groups in total. The molecule has 1 radical (unpaired) electrons. The fraction of sp³-hybridized carbons (Fsp3) is 0.263. The van der Waals surface area contributed by atoms with Crippen LogP contribution in [0.1, 0.15) is 92.4 Å². The van der Waals surface area contributed by atoms with E-state index in [9.17, 15) is 4.39 Å². The molecule has 5 heterocycles. The first-order valence-corrected chi connectivity index (χ1v) is 30.5. The van der Waals surface area contributed by atoms with Crippen molar-refractivity contribution in [1.29, 1.82) is 0 Å². The molecule has 337 valence electrons. The van der Waals surface area contributed by atoms with Gasteiger partial charge in [-0.1, -0.05) is 108 Å². The number of hydrogen-bond acceptors (Lipinski definition) is 5. The Morgan fingerprint density at radius 2 is 1.47 bits per heavy atom. The summed E-state index contributed by atoms with van der Waals surface area (Å²) in [5, 5.41) is 5.87. The molecular formula is C57H56FGeIrN5S-2. The molecule has 0 saturated carbocycles. The van der Waals surface area contributed by atoms with E-state index >= 15 is 0 Å². The van der Waals surface area contributed by atoms with Crippen molar-refractivity contribution in [3.8, 4) is 28.3 Å². The smallest absolute Gasteiger partial charge is 0 e. The summed E-state index contributed by atoms with van der Waals surface area (Å²) in [7, 11) is 0. The van der Waals surface area contributed by atoms with Gasteiger partial charge < -0.3 is 4.57 Å². The molecule has 0 atom stereocenters. The van der Waals surface area contributed by atoms with Crippen LogP contribution in [-0.2, 0) is 25.5 Å². The van der Waals surface area contributed by atoms with Gasteiger partial charge in [0, 0.05) is 53.8 Å². The SMILES string of the molecule is Cc1ccc2ccc3nc(-c4[c-]ccc5c4sc4ncc6ccccc6c45)n(-c4c(C(C)C)cc(C(C)(C)C)cc4C(C)C)c3c2n1.[2H]C([2H])([2H])c1cc[c-]c(-c2cc[c]([Ge]([CH3])([CH3])[CH3])cn2)c1F.[Ir]. The number of pyridine rings is 3. The number of aromatic nitrogens is 5. The average Bonchev–Trinajstić information content (AvgIpc) is 3.87. The molecule has 5 aromatic carbocycles. The molecule has 10 rings (SSSR count). The van der Waals surface area contributed by atoms with Gasteiger partial charge in [-0.15, -0.1) is 18.2 Å². The number of rotatable bonds is 6. The van der Waals surface area contributed by atoms with Gasteiger partial charge in [-0.25, -0.2) is 4.98 Å². The summed E-state index contributed by atoms with van der Waals surface area (Å²) in [6, 6.07) is 39.0. The van der Waals surface area contributed by atoms with E-state index in [2.05, 4.69) is 167 Å². The Morgan fingerprint density at radius 3 is 2.14 bits per heavy atom. The molecule has 0 aliphatic rings. The maximum absolute atomic E-state index is 14.4. The van der Waals surface area contributed by atoms with Gasteiger partial charge in [-0.05, 0) is 63.1 Å². The molecule has 5 nitrogen and oxygen atoms in total. The number of benzene rings is 5. The Morgan fingerprint density at radius 1 is 0.773 bits per heavy atom. The summed E-state index contributed by atoms with van der Waals surface area (Å²) in [6.45, 7) is 15.8. The summed E-state index contributed by atoms with van der Waals surface area (Å²) in [4.78, 5) is 20.9. The summed E-state index contributed by atoms with van der Waals surface area (Å²) in [5.41, 5.74) is 10.4. The van der Waals surface area contributed by atoms with Crippen molar-refractivity contribution in [3.05, 3.63) is 155 Å². The van der Waals surface area contributed by atoms with Crippen LogP contribution in [0.5, 0.6) is 0 Å². The van der Waals surface area contributed by atoms with E-state index in [1.165, 1.54) is 55.1 Å². The number of imidazole rings is 1. The quantitative estimate of drug-likeness (QED) is 0.123.